The zero-order valence-electron chi connectivity index (χ0n) is 14.1. The molecule has 0 aliphatic rings. The Bertz CT molecular complexity index is 1050. The van der Waals surface area contributed by atoms with Crippen LogP contribution in [0.1, 0.15) is 5.76 Å². The van der Waals surface area contributed by atoms with E-state index in [1.54, 1.807) is 20.1 Å². The molecule has 7 heteroatoms. The Morgan fingerprint density at radius 1 is 0.962 bits per heavy atom. The van der Waals surface area contributed by atoms with E-state index >= 15 is 0 Å². The van der Waals surface area contributed by atoms with Crippen molar-refractivity contribution in [2.45, 2.75) is 6.92 Å². The summed E-state index contributed by atoms with van der Waals surface area (Å²) in [6.07, 6.45) is 0. The smallest absolute Gasteiger partial charge is 0.264 e. The largest absolute Gasteiger partial charge is 0.497 e. The molecule has 0 radical (unpaired) electrons. The van der Waals surface area contributed by atoms with Crippen LogP contribution in [0.4, 0.5) is 0 Å². The highest BCUT2D eigenvalue weighted by molar-refractivity contribution is 6.33. The van der Waals surface area contributed by atoms with Gasteiger partial charge in [0.25, 0.3) is 5.89 Å². The number of nitrogens with zero attached hydrogens (tertiary/aromatic N) is 3. The predicted octanol–water partition coefficient (Wildman–Crippen LogP) is 5.03. The van der Waals surface area contributed by atoms with E-state index in [4.69, 9.17) is 25.4 Å². The van der Waals surface area contributed by atoms with Crippen LogP contribution in [0.2, 0.25) is 5.02 Å². The fourth-order valence-corrected chi connectivity index (χ4v) is 2.87. The maximum absolute atomic E-state index is 6.30. The van der Waals surface area contributed by atoms with E-state index in [0.717, 1.165) is 16.9 Å². The maximum Gasteiger partial charge on any atom is 0.264 e. The van der Waals surface area contributed by atoms with Crippen molar-refractivity contribution in [2.24, 2.45) is 0 Å². The number of aromatic nitrogens is 3. The SMILES string of the molecule is COc1ccc(-c2noc(-c3c(-c4ccccc4Cl)noc3C)n2)cc1. The van der Waals surface area contributed by atoms with E-state index in [-0.39, 0.29) is 0 Å². The zero-order valence-corrected chi connectivity index (χ0v) is 14.8. The summed E-state index contributed by atoms with van der Waals surface area (Å²) in [6.45, 7) is 1.79. The molecular formula is C19H14ClN3O3. The molecule has 4 rings (SSSR count). The zero-order chi connectivity index (χ0) is 18.1. The van der Waals surface area contributed by atoms with Crippen molar-refractivity contribution in [3.8, 4) is 39.8 Å². The molecule has 0 fully saturated rings. The van der Waals surface area contributed by atoms with Crippen LogP contribution in [-0.2, 0) is 0 Å². The molecule has 6 nitrogen and oxygen atoms in total. The van der Waals surface area contributed by atoms with Gasteiger partial charge in [-0.05, 0) is 37.3 Å². The number of benzene rings is 2. The number of hydrogen-bond acceptors (Lipinski definition) is 6. The second kappa shape index (κ2) is 6.65. The van der Waals surface area contributed by atoms with Gasteiger partial charge in [0.2, 0.25) is 5.82 Å². The third kappa shape index (κ3) is 2.84. The number of ether oxygens (including phenoxy) is 1. The van der Waals surface area contributed by atoms with Crippen LogP contribution in [0, 0.1) is 6.92 Å². The maximum atomic E-state index is 6.30. The van der Waals surface area contributed by atoms with Crippen LogP contribution < -0.4 is 4.74 Å². The van der Waals surface area contributed by atoms with Crippen molar-refractivity contribution in [1.29, 1.82) is 0 Å². The van der Waals surface area contributed by atoms with Crippen LogP contribution in [0.15, 0.2) is 57.6 Å². The summed E-state index contributed by atoms with van der Waals surface area (Å²) in [5.41, 5.74) is 2.75. The van der Waals surface area contributed by atoms with Crippen molar-refractivity contribution < 1.29 is 13.8 Å². The van der Waals surface area contributed by atoms with Gasteiger partial charge in [0.1, 0.15) is 22.8 Å². The summed E-state index contributed by atoms with van der Waals surface area (Å²) in [5, 5.41) is 8.76. The topological polar surface area (TPSA) is 74.2 Å². The highest BCUT2D eigenvalue weighted by Crippen LogP contribution is 2.37. The molecule has 0 atom stereocenters. The standard InChI is InChI=1S/C19H14ClN3O3/c1-11-16(17(22-25-11)14-5-3-4-6-15(14)20)19-21-18(23-26-19)12-7-9-13(24-2)10-8-12/h3-10H,1-2H3. The number of rotatable bonds is 4. The van der Waals surface area contributed by atoms with E-state index in [0.29, 0.717) is 33.8 Å². The van der Waals surface area contributed by atoms with Gasteiger partial charge in [-0.2, -0.15) is 4.98 Å². The predicted molar refractivity (Wildman–Crippen MR) is 97.0 cm³/mol. The van der Waals surface area contributed by atoms with Gasteiger partial charge >= 0.3 is 0 Å². The Morgan fingerprint density at radius 2 is 1.73 bits per heavy atom. The highest BCUT2D eigenvalue weighted by Gasteiger charge is 2.23. The van der Waals surface area contributed by atoms with Crippen molar-refractivity contribution >= 4 is 11.6 Å². The molecule has 0 bridgehead atoms. The Hall–Kier alpha value is -3.12. The average molecular weight is 368 g/mol. The van der Waals surface area contributed by atoms with Gasteiger partial charge in [0, 0.05) is 11.1 Å². The molecule has 130 valence electrons. The Balaban J connectivity index is 1.77. The number of halogens is 1. The van der Waals surface area contributed by atoms with E-state index in [1.807, 2.05) is 42.5 Å². The third-order valence-electron chi connectivity index (χ3n) is 3.98. The van der Waals surface area contributed by atoms with Crippen molar-refractivity contribution in [3.05, 3.63) is 59.3 Å². The summed E-state index contributed by atoms with van der Waals surface area (Å²) in [7, 11) is 1.62. The molecule has 26 heavy (non-hydrogen) atoms. The summed E-state index contributed by atoms with van der Waals surface area (Å²) in [4.78, 5) is 4.49. The van der Waals surface area contributed by atoms with Gasteiger partial charge in [-0.15, -0.1) is 0 Å². The Kier molecular flexibility index (Phi) is 4.18. The Morgan fingerprint density at radius 3 is 2.46 bits per heavy atom. The fraction of sp³-hybridized carbons (Fsp3) is 0.105. The molecule has 0 aliphatic heterocycles. The lowest BCUT2D eigenvalue weighted by Crippen LogP contribution is -1.86. The van der Waals surface area contributed by atoms with Gasteiger partial charge in [0.15, 0.2) is 0 Å². The van der Waals surface area contributed by atoms with Crippen molar-refractivity contribution in [2.75, 3.05) is 7.11 Å². The Labute approximate surface area is 154 Å². The van der Waals surface area contributed by atoms with Crippen LogP contribution in [0.3, 0.4) is 0 Å². The first kappa shape index (κ1) is 16.4. The lowest BCUT2D eigenvalue weighted by molar-refractivity contribution is 0.397. The van der Waals surface area contributed by atoms with Gasteiger partial charge in [-0.1, -0.05) is 40.1 Å². The fourth-order valence-electron chi connectivity index (χ4n) is 2.64. The number of hydrogen-bond donors (Lipinski definition) is 0. The molecule has 0 unspecified atom stereocenters. The molecule has 2 aromatic heterocycles. The molecule has 0 saturated carbocycles. The molecule has 0 N–H and O–H groups in total. The van der Waals surface area contributed by atoms with Crippen LogP contribution in [-0.4, -0.2) is 22.4 Å². The quantitative estimate of drug-likeness (QED) is 0.503. The minimum Gasteiger partial charge on any atom is -0.497 e. The van der Waals surface area contributed by atoms with Gasteiger partial charge in [-0.3, -0.25) is 0 Å². The molecule has 2 aromatic carbocycles. The number of methoxy groups -OCH3 is 1. The lowest BCUT2D eigenvalue weighted by Gasteiger charge is -2.01. The summed E-state index contributed by atoms with van der Waals surface area (Å²) < 4.78 is 16.0. The van der Waals surface area contributed by atoms with Crippen LogP contribution >= 0.6 is 11.6 Å². The molecule has 4 aromatic rings. The third-order valence-corrected chi connectivity index (χ3v) is 4.31. The minimum absolute atomic E-state index is 0.324. The van der Waals surface area contributed by atoms with Gasteiger partial charge < -0.3 is 13.8 Å². The second-order valence-corrected chi connectivity index (χ2v) is 6.00. The minimum atomic E-state index is 0.324. The van der Waals surface area contributed by atoms with E-state index in [2.05, 4.69) is 15.3 Å². The molecule has 0 amide bonds. The average Bonchev–Trinajstić information content (AvgIpc) is 3.29. The monoisotopic (exact) mass is 367 g/mol. The van der Waals surface area contributed by atoms with Gasteiger partial charge in [-0.25, -0.2) is 0 Å². The van der Waals surface area contributed by atoms with Crippen molar-refractivity contribution in [3.63, 3.8) is 0 Å². The second-order valence-electron chi connectivity index (χ2n) is 5.59. The van der Waals surface area contributed by atoms with Crippen LogP contribution in [0.5, 0.6) is 5.75 Å². The lowest BCUT2D eigenvalue weighted by atomic mass is 10.1. The first-order valence-corrected chi connectivity index (χ1v) is 8.25. The van der Waals surface area contributed by atoms with E-state index < -0.39 is 0 Å². The summed E-state index contributed by atoms with van der Waals surface area (Å²) >= 11 is 6.30. The van der Waals surface area contributed by atoms with E-state index in [1.165, 1.54) is 0 Å². The normalized spacial score (nSPS) is 10.9. The highest BCUT2D eigenvalue weighted by atomic mass is 35.5. The first-order chi connectivity index (χ1) is 12.7. The molecule has 2 heterocycles. The number of aryl methyl sites for hydroxylation is 1. The summed E-state index contributed by atoms with van der Waals surface area (Å²) in [5.74, 6) is 2.12. The van der Waals surface area contributed by atoms with Crippen molar-refractivity contribution in [1.82, 2.24) is 15.3 Å². The summed E-state index contributed by atoms with van der Waals surface area (Å²) in [6, 6.07) is 14.8. The molecule has 0 saturated heterocycles. The van der Waals surface area contributed by atoms with Gasteiger partial charge in [0.05, 0.1) is 12.1 Å². The van der Waals surface area contributed by atoms with E-state index in [9.17, 15) is 0 Å². The van der Waals surface area contributed by atoms with Crippen LogP contribution in [0.25, 0.3) is 34.1 Å². The molecular weight excluding hydrogens is 354 g/mol. The first-order valence-electron chi connectivity index (χ1n) is 7.87. The molecule has 0 aliphatic carbocycles. The molecule has 0 spiro atoms.